The fourth-order valence-electron chi connectivity index (χ4n) is 4.51. The molecule has 9 heteroatoms. The van der Waals surface area contributed by atoms with E-state index < -0.39 is 11.6 Å². The van der Waals surface area contributed by atoms with Crippen LogP contribution in [0.5, 0.6) is 0 Å². The number of anilines is 1. The first-order valence-corrected chi connectivity index (χ1v) is 11.8. The second kappa shape index (κ2) is 10.4. The molecule has 0 unspecified atom stereocenters. The van der Waals surface area contributed by atoms with Crippen LogP contribution in [0.4, 0.5) is 15.3 Å². The Balaban J connectivity index is 1.82. The van der Waals surface area contributed by atoms with Gasteiger partial charge in [-0.2, -0.15) is 0 Å². The van der Waals surface area contributed by atoms with Crippen LogP contribution in [0.3, 0.4) is 0 Å². The van der Waals surface area contributed by atoms with Crippen molar-refractivity contribution >= 4 is 34.7 Å². The highest BCUT2D eigenvalue weighted by atomic mass is 16.6. The van der Waals surface area contributed by atoms with Crippen LogP contribution >= 0.6 is 0 Å². The van der Waals surface area contributed by atoms with Crippen molar-refractivity contribution in [3.05, 3.63) is 30.0 Å². The van der Waals surface area contributed by atoms with Crippen LogP contribution in [-0.2, 0) is 21.3 Å². The van der Waals surface area contributed by atoms with Gasteiger partial charge < -0.3 is 24.7 Å². The Morgan fingerprint density at radius 2 is 1.85 bits per heavy atom. The number of carbonyl (C=O) groups is 3. The number of aryl methyl sites for hydroxylation is 1. The number of esters is 1. The van der Waals surface area contributed by atoms with Gasteiger partial charge in [0.2, 0.25) is 0 Å². The molecular weight excluding hydrogens is 436 g/mol. The fourth-order valence-corrected chi connectivity index (χ4v) is 4.51. The number of piperidine rings is 1. The molecule has 3 rings (SSSR count). The molecule has 1 fully saturated rings. The number of primary amides is 1. The van der Waals surface area contributed by atoms with E-state index in [1.165, 1.54) is 10.5 Å². The third-order valence-corrected chi connectivity index (χ3v) is 6.00. The molecule has 34 heavy (non-hydrogen) atoms. The molecule has 3 amide bonds. The summed E-state index contributed by atoms with van der Waals surface area (Å²) in [7, 11) is 1.94. The fraction of sp³-hybridized carbons (Fsp3) is 0.560. The molecule has 0 atom stereocenters. The molecule has 9 nitrogen and oxygen atoms in total. The maximum Gasteiger partial charge on any atom is 0.410 e. The number of fused-ring (bicyclic) bond motifs is 1. The minimum atomic E-state index is -0.620. The number of nitrogens with zero attached hydrogens (tertiary/aromatic N) is 3. The molecule has 0 saturated carbocycles. The number of amides is 3. The largest absolute Gasteiger partial charge is 0.466 e. The highest BCUT2D eigenvalue weighted by molar-refractivity contribution is 6.03. The summed E-state index contributed by atoms with van der Waals surface area (Å²) < 4.78 is 12.5. The van der Waals surface area contributed by atoms with Gasteiger partial charge in [-0.05, 0) is 58.1 Å². The average Bonchev–Trinajstić information content (AvgIpc) is 3.10. The van der Waals surface area contributed by atoms with Gasteiger partial charge in [-0.15, -0.1) is 0 Å². The van der Waals surface area contributed by atoms with Gasteiger partial charge in [0.15, 0.2) is 0 Å². The first-order valence-electron chi connectivity index (χ1n) is 11.8. The number of aromatic nitrogens is 1. The number of urea groups is 1. The molecule has 2 N–H and O–H groups in total. The summed E-state index contributed by atoms with van der Waals surface area (Å²) in [5.41, 5.74) is 7.89. The van der Waals surface area contributed by atoms with Gasteiger partial charge in [0, 0.05) is 38.3 Å². The van der Waals surface area contributed by atoms with E-state index in [0.29, 0.717) is 25.4 Å². The number of carbonyl (C=O) groups excluding carboxylic acids is 3. The van der Waals surface area contributed by atoms with Crippen molar-refractivity contribution < 1.29 is 23.9 Å². The second-order valence-electron chi connectivity index (χ2n) is 9.66. The number of likely N-dealkylation sites (tertiary alicyclic amines) is 1. The lowest BCUT2D eigenvalue weighted by Crippen LogP contribution is -2.41. The lowest BCUT2D eigenvalue weighted by Gasteiger charge is -2.33. The maximum atomic E-state index is 12.4. The van der Waals surface area contributed by atoms with Gasteiger partial charge in [0.1, 0.15) is 5.60 Å². The Labute approximate surface area is 200 Å². The van der Waals surface area contributed by atoms with Crippen LogP contribution in [0.15, 0.2) is 24.4 Å². The summed E-state index contributed by atoms with van der Waals surface area (Å²) in [5, 5.41) is 1.04. The number of nitrogens with two attached hydrogens (primary N) is 1. The van der Waals surface area contributed by atoms with Crippen LogP contribution in [0.1, 0.15) is 58.4 Å². The molecule has 2 aromatic rings. The molecule has 1 aliphatic rings. The molecule has 1 aliphatic heterocycles. The van der Waals surface area contributed by atoms with E-state index in [1.807, 2.05) is 50.6 Å². The Morgan fingerprint density at radius 1 is 1.18 bits per heavy atom. The first kappa shape index (κ1) is 25.4. The quantitative estimate of drug-likeness (QED) is 0.636. The number of ether oxygens (including phenoxy) is 2. The second-order valence-corrected chi connectivity index (χ2v) is 9.66. The standard InChI is InChI=1S/C25H36N4O5/c1-6-33-21(30)12-15-29(23(26)31)20-9-7-8-18-19(16-27(5)22(18)20)17-10-13-28(14-11-17)24(32)34-25(2,3)4/h7-9,16-17H,6,10-15H2,1-5H3,(H2,26,31). The minimum absolute atomic E-state index is 0.0631. The Bertz CT molecular complexity index is 1050. The monoisotopic (exact) mass is 472 g/mol. The van der Waals surface area contributed by atoms with E-state index in [-0.39, 0.29) is 30.9 Å². The number of benzene rings is 1. The summed E-state index contributed by atoms with van der Waals surface area (Å²) in [4.78, 5) is 39.7. The molecule has 1 aromatic carbocycles. The van der Waals surface area contributed by atoms with Gasteiger partial charge >= 0.3 is 18.1 Å². The molecule has 1 saturated heterocycles. The van der Waals surface area contributed by atoms with Crippen LogP contribution in [-0.4, -0.2) is 59.4 Å². The summed E-state index contributed by atoms with van der Waals surface area (Å²) >= 11 is 0. The lowest BCUT2D eigenvalue weighted by molar-refractivity contribution is -0.142. The maximum absolute atomic E-state index is 12.4. The Hall–Kier alpha value is -3.23. The Morgan fingerprint density at radius 3 is 2.44 bits per heavy atom. The average molecular weight is 473 g/mol. The van der Waals surface area contributed by atoms with E-state index in [1.54, 1.807) is 11.8 Å². The van der Waals surface area contributed by atoms with Crippen molar-refractivity contribution in [1.29, 1.82) is 0 Å². The normalized spacial score (nSPS) is 14.8. The van der Waals surface area contributed by atoms with E-state index in [9.17, 15) is 14.4 Å². The van der Waals surface area contributed by atoms with E-state index >= 15 is 0 Å². The van der Waals surface area contributed by atoms with Crippen molar-refractivity contribution in [2.45, 2.75) is 58.5 Å². The van der Waals surface area contributed by atoms with Crippen LogP contribution in [0.25, 0.3) is 10.9 Å². The Kier molecular flexibility index (Phi) is 7.74. The van der Waals surface area contributed by atoms with Crippen molar-refractivity contribution in [2.75, 3.05) is 31.1 Å². The summed E-state index contributed by atoms with van der Waals surface area (Å²) in [6, 6.07) is 5.16. The number of hydrogen-bond acceptors (Lipinski definition) is 5. The predicted molar refractivity (Wildman–Crippen MR) is 131 cm³/mol. The summed E-state index contributed by atoms with van der Waals surface area (Å²) in [5.74, 6) is -0.0931. The topological polar surface area (TPSA) is 107 Å². The van der Waals surface area contributed by atoms with Crippen molar-refractivity contribution in [1.82, 2.24) is 9.47 Å². The van der Waals surface area contributed by atoms with Crippen molar-refractivity contribution in [3.63, 3.8) is 0 Å². The number of hydrogen-bond donors (Lipinski definition) is 1. The first-order chi connectivity index (χ1) is 16.0. The molecule has 0 radical (unpaired) electrons. The smallest absolute Gasteiger partial charge is 0.410 e. The molecule has 186 valence electrons. The highest BCUT2D eigenvalue weighted by Gasteiger charge is 2.29. The van der Waals surface area contributed by atoms with Crippen LogP contribution < -0.4 is 10.6 Å². The van der Waals surface area contributed by atoms with E-state index in [0.717, 1.165) is 23.7 Å². The van der Waals surface area contributed by atoms with E-state index in [4.69, 9.17) is 15.2 Å². The van der Waals surface area contributed by atoms with Gasteiger partial charge in [0.25, 0.3) is 0 Å². The zero-order chi connectivity index (χ0) is 25.0. The highest BCUT2D eigenvalue weighted by Crippen LogP contribution is 2.38. The third kappa shape index (κ3) is 5.81. The predicted octanol–water partition coefficient (Wildman–Crippen LogP) is 4.13. The summed E-state index contributed by atoms with van der Waals surface area (Å²) in [6.45, 7) is 9.04. The molecule has 0 spiro atoms. The lowest BCUT2D eigenvalue weighted by atomic mass is 9.89. The van der Waals surface area contributed by atoms with Crippen molar-refractivity contribution in [2.24, 2.45) is 12.8 Å². The van der Waals surface area contributed by atoms with E-state index in [2.05, 4.69) is 6.20 Å². The molecule has 2 heterocycles. The minimum Gasteiger partial charge on any atom is -0.466 e. The zero-order valence-corrected chi connectivity index (χ0v) is 20.8. The van der Waals surface area contributed by atoms with Gasteiger partial charge in [-0.1, -0.05) is 12.1 Å². The van der Waals surface area contributed by atoms with Crippen molar-refractivity contribution in [3.8, 4) is 0 Å². The molecule has 0 bridgehead atoms. The zero-order valence-electron chi connectivity index (χ0n) is 20.8. The van der Waals surface area contributed by atoms with Crippen LogP contribution in [0.2, 0.25) is 0 Å². The third-order valence-electron chi connectivity index (χ3n) is 6.00. The van der Waals surface area contributed by atoms with Gasteiger partial charge in [-0.25, -0.2) is 9.59 Å². The molecule has 1 aromatic heterocycles. The molecule has 0 aliphatic carbocycles. The number of rotatable bonds is 6. The van der Waals surface area contributed by atoms with Crippen LogP contribution in [0, 0.1) is 0 Å². The number of para-hydroxylation sites is 1. The van der Waals surface area contributed by atoms with Gasteiger partial charge in [0.05, 0.1) is 24.2 Å². The molecular formula is C25H36N4O5. The van der Waals surface area contributed by atoms with Gasteiger partial charge in [-0.3, -0.25) is 9.69 Å². The summed E-state index contributed by atoms with van der Waals surface area (Å²) in [6.07, 6.45) is 3.53. The SMILES string of the molecule is CCOC(=O)CCN(C(N)=O)c1cccc2c(C3CCN(C(=O)OC(C)(C)C)CC3)cn(C)c12.